The fourth-order valence-electron chi connectivity index (χ4n) is 4.67. The number of ether oxygens (including phenoxy) is 1. The average molecular weight is 487 g/mol. The molecule has 1 aromatic rings. The third kappa shape index (κ3) is 10.3. The summed E-state index contributed by atoms with van der Waals surface area (Å²) < 4.78 is 5.45. The molecule has 0 radical (unpaired) electrons. The summed E-state index contributed by atoms with van der Waals surface area (Å²) in [5.74, 6) is 1.36. The number of methoxy groups -OCH3 is 1. The summed E-state index contributed by atoms with van der Waals surface area (Å²) in [6.45, 7) is 16.6. The first-order valence-corrected chi connectivity index (χ1v) is 13.0. The number of benzene rings is 1. The van der Waals surface area contributed by atoms with Crippen LogP contribution in [-0.4, -0.2) is 86.1 Å². The van der Waals surface area contributed by atoms with E-state index in [1.807, 2.05) is 47.1 Å². The molecular weight excluding hydrogens is 440 g/mol. The molecule has 1 N–H and O–H groups in total. The van der Waals surface area contributed by atoms with Gasteiger partial charge in [0.2, 0.25) is 5.91 Å². The van der Waals surface area contributed by atoms with Crippen molar-refractivity contribution in [2.45, 2.75) is 47.5 Å². The topological polar surface area (TPSA) is 65.1 Å². The van der Waals surface area contributed by atoms with Gasteiger partial charge in [-0.3, -0.25) is 9.69 Å². The van der Waals surface area contributed by atoms with Gasteiger partial charge in [-0.1, -0.05) is 58.0 Å². The summed E-state index contributed by atoms with van der Waals surface area (Å²) in [4.78, 5) is 31.5. The zero-order valence-electron chi connectivity index (χ0n) is 22.7. The molecule has 0 aliphatic carbocycles. The van der Waals surface area contributed by atoms with Gasteiger partial charge in [0, 0.05) is 64.3 Å². The highest BCUT2D eigenvalue weighted by Gasteiger charge is 2.23. The maximum atomic E-state index is 13.3. The second-order valence-corrected chi connectivity index (χ2v) is 10.7. The Bertz CT molecular complexity index is 826. The number of para-hydroxylation sites is 1. The van der Waals surface area contributed by atoms with E-state index in [-0.39, 0.29) is 17.4 Å². The number of piperazine rings is 1. The van der Waals surface area contributed by atoms with Crippen molar-refractivity contribution in [2.24, 2.45) is 11.3 Å². The molecule has 1 heterocycles. The zero-order chi connectivity index (χ0) is 25.8. The summed E-state index contributed by atoms with van der Waals surface area (Å²) in [7, 11) is 1.67. The van der Waals surface area contributed by atoms with Crippen LogP contribution in [0.5, 0.6) is 5.75 Å². The van der Waals surface area contributed by atoms with Crippen molar-refractivity contribution in [3.05, 3.63) is 35.9 Å². The van der Waals surface area contributed by atoms with Crippen molar-refractivity contribution in [1.29, 1.82) is 0 Å². The largest absolute Gasteiger partial charge is 0.496 e. The zero-order valence-corrected chi connectivity index (χ0v) is 22.7. The van der Waals surface area contributed by atoms with Crippen molar-refractivity contribution >= 4 is 18.0 Å². The van der Waals surface area contributed by atoms with Crippen molar-refractivity contribution in [2.75, 3.05) is 59.5 Å². The fraction of sp³-hybridized carbons (Fsp3) is 0.643. The lowest BCUT2D eigenvalue weighted by molar-refractivity contribution is -0.132. The van der Waals surface area contributed by atoms with Gasteiger partial charge < -0.3 is 19.9 Å². The van der Waals surface area contributed by atoms with Gasteiger partial charge in [0.05, 0.1) is 7.11 Å². The molecule has 1 atom stereocenters. The van der Waals surface area contributed by atoms with E-state index < -0.39 is 0 Å². The minimum Gasteiger partial charge on any atom is -0.496 e. The molecule has 0 aromatic heterocycles. The van der Waals surface area contributed by atoms with Crippen molar-refractivity contribution in [3.63, 3.8) is 0 Å². The van der Waals surface area contributed by atoms with Crippen LogP contribution < -0.4 is 10.1 Å². The van der Waals surface area contributed by atoms with E-state index in [1.54, 1.807) is 7.11 Å². The Morgan fingerprint density at radius 2 is 1.86 bits per heavy atom. The van der Waals surface area contributed by atoms with Crippen molar-refractivity contribution < 1.29 is 14.3 Å². The molecule has 0 bridgehead atoms. The molecule has 1 aliphatic heterocycles. The van der Waals surface area contributed by atoms with Gasteiger partial charge in [0.15, 0.2) is 0 Å². The van der Waals surface area contributed by atoms with Crippen LogP contribution >= 0.6 is 0 Å². The van der Waals surface area contributed by atoms with Gasteiger partial charge in [-0.05, 0) is 30.7 Å². The van der Waals surface area contributed by atoms with Gasteiger partial charge in [-0.2, -0.15) is 0 Å². The molecular formula is C28H46N4O3. The Morgan fingerprint density at radius 3 is 2.49 bits per heavy atom. The molecule has 3 amide bonds. The van der Waals surface area contributed by atoms with Crippen LogP contribution in [-0.2, 0) is 4.79 Å². The quantitative estimate of drug-likeness (QED) is 0.505. The van der Waals surface area contributed by atoms with Gasteiger partial charge in [0.1, 0.15) is 5.75 Å². The van der Waals surface area contributed by atoms with E-state index >= 15 is 0 Å². The van der Waals surface area contributed by atoms with Crippen LogP contribution in [0.15, 0.2) is 30.3 Å². The predicted molar refractivity (Wildman–Crippen MR) is 144 cm³/mol. The fourth-order valence-corrected chi connectivity index (χ4v) is 4.67. The van der Waals surface area contributed by atoms with Crippen LogP contribution in [0.3, 0.4) is 0 Å². The minimum absolute atomic E-state index is 0.0123. The molecule has 1 fully saturated rings. The number of nitrogens with one attached hydrogen (secondary N) is 1. The van der Waals surface area contributed by atoms with Crippen LogP contribution in [0, 0.1) is 11.3 Å². The lowest BCUT2D eigenvalue weighted by atomic mass is 9.84. The van der Waals surface area contributed by atoms with Crippen LogP contribution in [0.25, 0.3) is 6.08 Å². The molecule has 7 heteroatoms. The monoisotopic (exact) mass is 486 g/mol. The number of hydrogen-bond donors (Lipinski definition) is 1. The molecule has 1 aliphatic rings. The van der Waals surface area contributed by atoms with Crippen LogP contribution in [0.4, 0.5) is 4.79 Å². The second kappa shape index (κ2) is 14.1. The number of carbonyl (C=O) groups excluding carboxylic acids is 2. The summed E-state index contributed by atoms with van der Waals surface area (Å²) in [6.07, 6.45) is 5.66. The number of carbonyl (C=O) groups is 2. The van der Waals surface area contributed by atoms with E-state index in [0.717, 1.165) is 50.5 Å². The van der Waals surface area contributed by atoms with Gasteiger partial charge in [-0.25, -0.2) is 4.79 Å². The first kappa shape index (κ1) is 28.7. The first-order chi connectivity index (χ1) is 16.6. The SMILES string of the molecule is CCNC(=O)N1CCN(CCN(C/C=C/c2ccccc2OC)C(=O)CC(C)CC(C)(C)C)CC1. The van der Waals surface area contributed by atoms with E-state index in [0.29, 0.717) is 32.0 Å². The first-order valence-electron chi connectivity index (χ1n) is 13.0. The van der Waals surface area contributed by atoms with E-state index in [1.165, 1.54) is 0 Å². The average Bonchev–Trinajstić information content (AvgIpc) is 2.80. The van der Waals surface area contributed by atoms with E-state index in [2.05, 4.69) is 44.0 Å². The Kier molecular flexibility index (Phi) is 11.6. The lowest BCUT2D eigenvalue weighted by Gasteiger charge is -2.35. The minimum atomic E-state index is 0.0123. The molecule has 35 heavy (non-hydrogen) atoms. The molecule has 1 saturated heterocycles. The third-order valence-corrected chi connectivity index (χ3v) is 6.27. The third-order valence-electron chi connectivity index (χ3n) is 6.27. The standard InChI is InChI=1S/C28H46N4O3/c1-7-29-27(34)32-19-16-30(17-20-32)15-18-31(26(33)21-23(2)22-28(3,4)5)14-10-12-24-11-8-9-13-25(24)35-6/h8-13,23H,7,14-22H2,1-6H3,(H,29,34)/b12-10+. The Balaban J connectivity index is 1.98. The van der Waals surface area contributed by atoms with Gasteiger partial charge in [-0.15, -0.1) is 0 Å². The summed E-state index contributed by atoms with van der Waals surface area (Å²) in [5.41, 5.74) is 1.21. The molecule has 7 nitrogen and oxygen atoms in total. The number of nitrogens with zero attached hydrogens (tertiary/aromatic N) is 3. The number of rotatable bonds is 11. The van der Waals surface area contributed by atoms with Crippen LogP contribution in [0.2, 0.25) is 0 Å². The molecule has 0 saturated carbocycles. The number of urea groups is 1. The van der Waals surface area contributed by atoms with Crippen molar-refractivity contribution in [1.82, 2.24) is 20.0 Å². The van der Waals surface area contributed by atoms with E-state index in [9.17, 15) is 9.59 Å². The lowest BCUT2D eigenvalue weighted by Crippen LogP contribution is -2.53. The van der Waals surface area contributed by atoms with E-state index in [4.69, 9.17) is 4.74 Å². The number of hydrogen-bond acceptors (Lipinski definition) is 4. The van der Waals surface area contributed by atoms with Crippen molar-refractivity contribution in [3.8, 4) is 5.75 Å². The van der Waals surface area contributed by atoms with Gasteiger partial charge >= 0.3 is 6.03 Å². The predicted octanol–water partition coefficient (Wildman–Crippen LogP) is 4.35. The normalized spacial score (nSPS) is 15.8. The summed E-state index contributed by atoms with van der Waals surface area (Å²) in [5, 5.41) is 2.87. The summed E-state index contributed by atoms with van der Waals surface area (Å²) in [6, 6.07) is 7.91. The maximum absolute atomic E-state index is 13.3. The van der Waals surface area contributed by atoms with Crippen LogP contribution in [0.1, 0.15) is 53.0 Å². The highest BCUT2D eigenvalue weighted by atomic mass is 16.5. The summed E-state index contributed by atoms with van der Waals surface area (Å²) >= 11 is 0. The maximum Gasteiger partial charge on any atom is 0.317 e. The molecule has 1 unspecified atom stereocenters. The Hall–Kier alpha value is -2.54. The highest BCUT2D eigenvalue weighted by Crippen LogP contribution is 2.26. The molecule has 0 spiro atoms. The second-order valence-electron chi connectivity index (χ2n) is 10.7. The van der Waals surface area contributed by atoms with Gasteiger partial charge in [0.25, 0.3) is 0 Å². The highest BCUT2D eigenvalue weighted by molar-refractivity contribution is 5.77. The number of amides is 3. The Labute approximate surface area is 212 Å². The molecule has 1 aromatic carbocycles. The Morgan fingerprint density at radius 1 is 1.17 bits per heavy atom. The molecule has 196 valence electrons. The smallest absolute Gasteiger partial charge is 0.317 e. The molecule has 2 rings (SSSR count).